The third-order valence-corrected chi connectivity index (χ3v) is 7.02. The summed E-state index contributed by atoms with van der Waals surface area (Å²) in [6.07, 6.45) is 14.2. The zero-order valence-electron chi connectivity index (χ0n) is 20.8. The minimum Gasteiger partial charge on any atom is -0.370 e. The molecule has 3 aliphatic rings. The number of hydrogen-bond donors (Lipinski definition) is 0. The number of aryl methyl sites for hydroxylation is 2. The van der Waals surface area contributed by atoms with Gasteiger partial charge in [0.05, 0.1) is 34.5 Å². The molecular formula is C27H34N6O. The van der Waals surface area contributed by atoms with Gasteiger partial charge in [-0.3, -0.25) is 14.7 Å². The standard InChI is InChI=1S/C27H34N6O/c1-18-6-7-22-8-9-23(31-11-10-21(16-31)15-30(4)5)17-32(22)27(34)12-24(18)25-13-26-20(3)28-19(2)14-33(26)29-25/h7-9,12-14,17-18,21H,6,10-11,15-16H2,1-5H3. The van der Waals surface area contributed by atoms with Gasteiger partial charge in [-0.2, -0.15) is 5.10 Å². The number of hydrogen-bond acceptors (Lipinski definition) is 5. The van der Waals surface area contributed by atoms with E-state index < -0.39 is 0 Å². The Kier molecular flexibility index (Phi) is 5.90. The van der Waals surface area contributed by atoms with Crippen LogP contribution >= 0.6 is 0 Å². The van der Waals surface area contributed by atoms with Crippen LogP contribution in [0.4, 0.5) is 0 Å². The van der Waals surface area contributed by atoms with Crippen molar-refractivity contribution in [1.29, 1.82) is 0 Å². The van der Waals surface area contributed by atoms with E-state index in [1.54, 1.807) is 11.0 Å². The molecule has 0 radical (unpaired) electrons. The summed E-state index contributed by atoms with van der Waals surface area (Å²) < 4.78 is 1.88. The van der Waals surface area contributed by atoms with E-state index >= 15 is 0 Å². The Labute approximate surface area is 201 Å². The van der Waals surface area contributed by atoms with E-state index in [4.69, 9.17) is 5.10 Å². The number of rotatable bonds is 4. The first-order chi connectivity index (χ1) is 16.3. The molecule has 0 spiro atoms. The van der Waals surface area contributed by atoms with Crippen LogP contribution in [0.1, 0.15) is 36.8 Å². The topological polar surface area (TPSA) is 57.0 Å². The summed E-state index contributed by atoms with van der Waals surface area (Å²) in [5.74, 6) is 0.817. The van der Waals surface area contributed by atoms with Gasteiger partial charge in [0.1, 0.15) is 0 Å². The van der Waals surface area contributed by atoms with E-state index in [9.17, 15) is 4.79 Å². The van der Waals surface area contributed by atoms with Crippen LogP contribution in [-0.2, 0) is 4.79 Å². The first kappa shape index (κ1) is 22.6. The average molecular weight is 459 g/mol. The number of nitrogens with zero attached hydrogens (tertiary/aromatic N) is 6. The number of aromatic nitrogens is 3. The quantitative estimate of drug-likeness (QED) is 0.698. The summed E-state index contributed by atoms with van der Waals surface area (Å²) in [4.78, 5) is 24.5. The van der Waals surface area contributed by atoms with Crippen molar-refractivity contribution in [3.05, 3.63) is 71.2 Å². The van der Waals surface area contributed by atoms with Gasteiger partial charge in [-0.05, 0) is 76.4 Å². The molecule has 7 nitrogen and oxygen atoms in total. The van der Waals surface area contributed by atoms with Crippen molar-refractivity contribution in [1.82, 2.24) is 29.3 Å². The molecule has 0 aliphatic carbocycles. The van der Waals surface area contributed by atoms with Crippen molar-refractivity contribution in [2.24, 2.45) is 11.8 Å². The molecule has 0 saturated carbocycles. The highest BCUT2D eigenvalue weighted by atomic mass is 16.2. The molecule has 178 valence electrons. The summed E-state index contributed by atoms with van der Waals surface area (Å²) in [6.45, 7) is 9.29. The maximum Gasteiger partial charge on any atom is 0.255 e. The van der Waals surface area contributed by atoms with Gasteiger partial charge >= 0.3 is 0 Å². The molecular weight excluding hydrogens is 424 g/mol. The molecule has 2 atom stereocenters. The summed E-state index contributed by atoms with van der Waals surface area (Å²) in [5.41, 5.74) is 6.72. The minimum atomic E-state index is -0.0261. The number of carbonyl (C=O) groups is 1. The van der Waals surface area contributed by atoms with Crippen LogP contribution in [0.5, 0.6) is 0 Å². The summed E-state index contributed by atoms with van der Waals surface area (Å²) in [7, 11) is 4.26. The lowest BCUT2D eigenvalue weighted by atomic mass is 9.92. The second kappa shape index (κ2) is 8.87. The number of likely N-dealkylation sites (tertiary alicyclic amines) is 1. The van der Waals surface area contributed by atoms with Gasteiger partial charge < -0.3 is 9.80 Å². The fraction of sp³-hybridized carbons (Fsp3) is 0.444. The van der Waals surface area contributed by atoms with Crippen LogP contribution in [0.2, 0.25) is 0 Å². The number of fused-ring (bicyclic) bond motifs is 2. The SMILES string of the molecule is Cc1cn2nc(C3=CC(=O)N4C=C(N5CCC(CN(C)C)C5)C=CC4=CCC3C)cc2c(C)n1. The van der Waals surface area contributed by atoms with Gasteiger partial charge in [0.2, 0.25) is 0 Å². The zero-order chi connectivity index (χ0) is 24.0. The van der Waals surface area contributed by atoms with E-state index in [2.05, 4.69) is 60.1 Å². The zero-order valence-corrected chi connectivity index (χ0v) is 20.8. The fourth-order valence-corrected chi connectivity index (χ4v) is 5.31. The lowest BCUT2D eigenvalue weighted by Crippen LogP contribution is -2.31. The predicted molar refractivity (Wildman–Crippen MR) is 135 cm³/mol. The van der Waals surface area contributed by atoms with Gasteiger partial charge in [0, 0.05) is 37.6 Å². The monoisotopic (exact) mass is 458 g/mol. The Morgan fingerprint density at radius 3 is 2.76 bits per heavy atom. The van der Waals surface area contributed by atoms with Crippen LogP contribution in [0.25, 0.3) is 11.1 Å². The number of allylic oxidation sites excluding steroid dienone is 4. The normalized spacial score (nSPS) is 23.1. The maximum absolute atomic E-state index is 13.5. The molecule has 5 rings (SSSR count). The van der Waals surface area contributed by atoms with Gasteiger partial charge in [0.25, 0.3) is 5.91 Å². The van der Waals surface area contributed by atoms with Crippen molar-refractivity contribution in [3.8, 4) is 0 Å². The van der Waals surface area contributed by atoms with Gasteiger partial charge in [-0.25, -0.2) is 4.52 Å². The first-order valence-electron chi connectivity index (χ1n) is 12.2. The van der Waals surface area contributed by atoms with Crippen LogP contribution in [0, 0.1) is 25.7 Å². The van der Waals surface area contributed by atoms with Crippen LogP contribution in [0.3, 0.4) is 0 Å². The van der Waals surface area contributed by atoms with Gasteiger partial charge in [0.15, 0.2) is 0 Å². The van der Waals surface area contributed by atoms with Crippen molar-refractivity contribution < 1.29 is 4.79 Å². The maximum atomic E-state index is 13.5. The Morgan fingerprint density at radius 2 is 1.97 bits per heavy atom. The molecule has 2 aromatic rings. The van der Waals surface area contributed by atoms with Crippen molar-refractivity contribution in [3.63, 3.8) is 0 Å². The van der Waals surface area contributed by atoms with Gasteiger partial charge in [-0.1, -0.05) is 13.0 Å². The summed E-state index contributed by atoms with van der Waals surface area (Å²) in [5, 5.41) is 4.80. The molecule has 2 aromatic heterocycles. The lowest BCUT2D eigenvalue weighted by Gasteiger charge is -2.30. The Bertz CT molecular complexity index is 1250. The highest BCUT2D eigenvalue weighted by molar-refractivity contribution is 5.98. The predicted octanol–water partition coefficient (Wildman–Crippen LogP) is 3.78. The largest absolute Gasteiger partial charge is 0.370 e. The van der Waals surface area contributed by atoms with E-state index in [1.165, 1.54) is 6.42 Å². The summed E-state index contributed by atoms with van der Waals surface area (Å²) >= 11 is 0. The van der Waals surface area contributed by atoms with Crippen LogP contribution in [0.15, 0.2) is 54.2 Å². The third-order valence-electron chi connectivity index (χ3n) is 7.02. The fourth-order valence-electron chi connectivity index (χ4n) is 5.31. The number of carbonyl (C=O) groups excluding carboxylic acids is 1. The molecule has 0 N–H and O–H groups in total. The van der Waals surface area contributed by atoms with Crippen molar-refractivity contribution in [2.75, 3.05) is 33.7 Å². The van der Waals surface area contributed by atoms with Crippen molar-refractivity contribution in [2.45, 2.75) is 33.6 Å². The Morgan fingerprint density at radius 1 is 1.18 bits per heavy atom. The first-order valence-corrected chi connectivity index (χ1v) is 12.2. The van der Waals surface area contributed by atoms with Crippen LogP contribution in [-0.4, -0.2) is 68.9 Å². The second-order valence-electron chi connectivity index (χ2n) is 10.2. The van der Waals surface area contributed by atoms with Crippen molar-refractivity contribution >= 4 is 17.0 Å². The lowest BCUT2D eigenvalue weighted by molar-refractivity contribution is -0.122. The molecule has 5 heterocycles. The second-order valence-corrected chi connectivity index (χ2v) is 10.2. The molecule has 7 heteroatoms. The summed E-state index contributed by atoms with van der Waals surface area (Å²) in [6, 6.07) is 2.05. The molecule has 0 aromatic carbocycles. The van der Waals surface area contributed by atoms with E-state index in [1.807, 2.05) is 30.8 Å². The highest BCUT2D eigenvalue weighted by Crippen LogP contribution is 2.32. The van der Waals surface area contributed by atoms with Crippen LogP contribution < -0.4 is 0 Å². The molecule has 0 bridgehead atoms. The Balaban J connectivity index is 1.43. The van der Waals surface area contributed by atoms with E-state index in [-0.39, 0.29) is 11.8 Å². The highest BCUT2D eigenvalue weighted by Gasteiger charge is 2.28. The molecule has 2 unspecified atom stereocenters. The number of amides is 1. The molecule has 34 heavy (non-hydrogen) atoms. The Hall–Kier alpha value is -3.19. The molecule has 3 aliphatic heterocycles. The van der Waals surface area contributed by atoms with Gasteiger partial charge in [-0.15, -0.1) is 0 Å². The molecule has 1 amide bonds. The molecule has 1 saturated heterocycles. The molecule has 1 fully saturated rings. The minimum absolute atomic E-state index is 0.0261. The third kappa shape index (κ3) is 4.32. The van der Waals surface area contributed by atoms with E-state index in [0.717, 1.165) is 65.6 Å². The van der Waals surface area contributed by atoms with E-state index in [0.29, 0.717) is 5.92 Å². The average Bonchev–Trinajstić information content (AvgIpc) is 3.41. The smallest absolute Gasteiger partial charge is 0.255 e.